The van der Waals surface area contributed by atoms with Crippen molar-refractivity contribution in [2.45, 2.75) is 40.0 Å². The van der Waals surface area contributed by atoms with Gasteiger partial charge in [0, 0.05) is 11.5 Å². The molecule has 15 heavy (non-hydrogen) atoms. The summed E-state index contributed by atoms with van der Waals surface area (Å²) < 4.78 is 0. The SMILES string of the molecule is CCCC(CC)C(=O)c1ccc(C)cc1. The smallest absolute Gasteiger partial charge is 0.165 e. The van der Waals surface area contributed by atoms with E-state index in [1.807, 2.05) is 31.2 Å². The molecule has 0 aliphatic carbocycles. The summed E-state index contributed by atoms with van der Waals surface area (Å²) in [6.07, 6.45) is 3.03. The molecule has 1 unspecified atom stereocenters. The first kappa shape index (κ1) is 12.0. The molecule has 1 aromatic rings. The normalized spacial score (nSPS) is 12.5. The topological polar surface area (TPSA) is 17.1 Å². The number of rotatable bonds is 5. The van der Waals surface area contributed by atoms with E-state index in [1.165, 1.54) is 5.56 Å². The molecule has 0 saturated carbocycles. The Kier molecular flexibility index (Phi) is 4.54. The van der Waals surface area contributed by atoms with Crippen LogP contribution in [0.1, 0.15) is 49.0 Å². The number of carbonyl (C=O) groups is 1. The molecule has 0 saturated heterocycles. The molecule has 0 heterocycles. The molecule has 0 N–H and O–H groups in total. The molecule has 0 radical (unpaired) electrons. The van der Waals surface area contributed by atoms with Crippen molar-refractivity contribution in [3.05, 3.63) is 35.4 Å². The Morgan fingerprint density at radius 1 is 1.20 bits per heavy atom. The third-order valence-electron chi connectivity index (χ3n) is 2.84. The number of ketones is 1. The predicted molar refractivity (Wildman–Crippen MR) is 64.2 cm³/mol. The first-order valence-corrected chi connectivity index (χ1v) is 5.79. The fourth-order valence-electron chi connectivity index (χ4n) is 1.82. The van der Waals surface area contributed by atoms with E-state index in [1.54, 1.807) is 0 Å². The molecule has 0 fully saturated rings. The van der Waals surface area contributed by atoms with Crippen molar-refractivity contribution < 1.29 is 4.79 Å². The van der Waals surface area contributed by atoms with Gasteiger partial charge in [-0.25, -0.2) is 0 Å². The van der Waals surface area contributed by atoms with Gasteiger partial charge in [0.2, 0.25) is 0 Å². The van der Waals surface area contributed by atoms with E-state index in [0.29, 0.717) is 5.78 Å². The zero-order chi connectivity index (χ0) is 11.3. The summed E-state index contributed by atoms with van der Waals surface area (Å²) in [7, 11) is 0. The average Bonchev–Trinajstić information content (AvgIpc) is 2.26. The highest BCUT2D eigenvalue weighted by Gasteiger charge is 2.16. The fourth-order valence-corrected chi connectivity index (χ4v) is 1.82. The Morgan fingerprint density at radius 2 is 1.80 bits per heavy atom. The molecule has 0 bridgehead atoms. The lowest BCUT2D eigenvalue weighted by Crippen LogP contribution is -2.13. The summed E-state index contributed by atoms with van der Waals surface area (Å²) in [5, 5.41) is 0. The molecule has 1 heteroatoms. The van der Waals surface area contributed by atoms with E-state index in [2.05, 4.69) is 13.8 Å². The van der Waals surface area contributed by atoms with Crippen LogP contribution in [0.2, 0.25) is 0 Å². The minimum atomic E-state index is 0.206. The van der Waals surface area contributed by atoms with Gasteiger partial charge in [0.1, 0.15) is 0 Å². The van der Waals surface area contributed by atoms with Crippen LogP contribution in [0.5, 0.6) is 0 Å². The molecule has 0 aliphatic heterocycles. The highest BCUT2D eigenvalue weighted by molar-refractivity contribution is 5.97. The Hall–Kier alpha value is -1.11. The number of hydrogen-bond acceptors (Lipinski definition) is 1. The standard InChI is InChI=1S/C14H20O/c1-4-6-12(5-2)14(15)13-9-7-11(3)8-10-13/h7-10,12H,4-6H2,1-3H3. The summed E-state index contributed by atoms with van der Waals surface area (Å²) in [6, 6.07) is 7.89. The second-order valence-electron chi connectivity index (χ2n) is 4.12. The van der Waals surface area contributed by atoms with Crippen molar-refractivity contribution >= 4 is 5.78 Å². The van der Waals surface area contributed by atoms with Gasteiger partial charge in [-0.15, -0.1) is 0 Å². The lowest BCUT2D eigenvalue weighted by atomic mass is 9.91. The number of carbonyl (C=O) groups excluding carboxylic acids is 1. The first-order chi connectivity index (χ1) is 7.19. The first-order valence-electron chi connectivity index (χ1n) is 5.79. The van der Waals surface area contributed by atoms with Crippen LogP contribution in [0.25, 0.3) is 0 Å². The Labute approximate surface area is 92.5 Å². The molecule has 1 nitrogen and oxygen atoms in total. The van der Waals surface area contributed by atoms with Crippen molar-refractivity contribution in [3.63, 3.8) is 0 Å². The minimum absolute atomic E-state index is 0.206. The van der Waals surface area contributed by atoms with Crippen molar-refractivity contribution in [2.24, 2.45) is 5.92 Å². The molecule has 1 atom stereocenters. The van der Waals surface area contributed by atoms with Crippen LogP contribution in [-0.2, 0) is 0 Å². The third kappa shape index (κ3) is 3.19. The maximum atomic E-state index is 12.1. The Morgan fingerprint density at radius 3 is 2.27 bits per heavy atom. The van der Waals surface area contributed by atoms with Crippen LogP contribution in [0.3, 0.4) is 0 Å². The van der Waals surface area contributed by atoms with Gasteiger partial charge in [-0.2, -0.15) is 0 Å². The third-order valence-corrected chi connectivity index (χ3v) is 2.84. The van der Waals surface area contributed by atoms with Crippen LogP contribution in [0.15, 0.2) is 24.3 Å². The van der Waals surface area contributed by atoms with Crippen LogP contribution in [-0.4, -0.2) is 5.78 Å². The van der Waals surface area contributed by atoms with Crippen molar-refractivity contribution in [2.75, 3.05) is 0 Å². The quantitative estimate of drug-likeness (QED) is 0.662. The molecule has 0 aliphatic rings. The lowest BCUT2D eigenvalue weighted by molar-refractivity contribution is 0.0909. The maximum absolute atomic E-state index is 12.1. The van der Waals surface area contributed by atoms with Crippen molar-refractivity contribution in [1.82, 2.24) is 0 Å². The summed E-state index contributed by atoms with van der Waals surface area (Å²) >= 11 is 0. The predicted octanol–water partition coefficient (Wildman–Crippen LogP) is 4.00. The summed E-state index contributed by atoms with van der Waals surface area (Å²) in [5.41, 5.74) is 2.07. The maximum Gasteiger partial charge on any atom is 0.165 e. The largest absolute Gasteiger partial charge is 0.294 e. The van der Waals surface area contributed by atoms with Gasteiger partial charge >= 0.3 is 0 Å². The summed E-state index contributed by atoms with van der Waals surface area (Å²) in [6.45, 7) is 6.26. The Balaban J connectivity index is 2.78. The molecule has 1 rings (SSSR count). The molecular formula is C14H20O. The van der Waals surface area contributed by atoms with Gasteiger partial charge < -0.3 is 0 Å². The van der Waals surface area contributed by atoms with Gasteiger partial charge in [0.25, 0.3) is 0 Å². The van der Waals surface area contributed by atoms with E-state index in [4.69, 9.17) is 0 Å². The van der Waals surface area contributed by atoms with E-state index < -0.39 is 0 Å². The van der Waals surface area contributed by atoms with Crippen LogP contribution < -0.4 is 0 Å². The molecule has 0 spiro atoms. The zero-order valence-electron chi connectivity index (χ0n) is 9.92. The van der Waals surface area contributed by atoms with Crippen LogP contribution in [0.4, 0.5) is 0 Å². The molecule has 1 aromatic carbocycles. The molecule has 0 aromatic heterocycles. The fraction of sp³-hybridized carbons (Fsp3) is 0.500. The van der Waals surface area contributed by atoms with E-state index in [0.717, 1.165) is 24.8 Å². The van der Waals surface area contributed by atoms with E-state index in [-0.39, 0.29) is 5.92 Å². The molecule has 0 amide bonds. The number of benzene rings is 1. The summed E-state index contributed by atoms with van der Waals surface area (Å²) in [4.78, 5) is 12.1. The van der Waals surface area contributed by atoms with Crippen LogP contribution in [0, 0.1) is 12.8 Å². The minimum Gasteiger partial charge on any atom is -0.294 e. The molecule has 82 valence electrons. The van der Waals surface area contributed by atoms with Crippen molar-refractivity contribution in [3.8, 4) is 0 Å². The monoisotopic (exact) mass is 204 g/mol. The van der Waals surface area contributed by atoms with E-state index in [9.17, 15) is 4.79 Å². The second-order valence-corrected chi connectivity index (χ2v) is 4.12. The number of aryl methyl sites for hydroxylation is 1. The van der Waals surface area contributed by atoms with Gasteiger partial charge in [-0.1, -0.05) is 50.1 Å². The second kappa shape index (κ2) is 5.69. The average molecular weight is 204 g/mol. The lowest BCUT2D eigenvalue weighted by Gasteiger charge is -2.12. The molecular weight excluding hydrogens is 184 g/mol. The van der Waals surface area contributed by atoms with Gasteiger partial charge in [-0.3, -0.25) is 4.79 Å². The van der Waals surface area contributed by atoms with Crippen molar-refractivity contribution in [1.29, 1.82) is 0 Å². The van der Waals surface area contributed by atoms with Gasteiger partial charge in [0.15, 0.2) is 5.78 Å². The zero-order valence-corrected chi connectivity index (χ0v) is 9.92. The highest BCUT2D eigenvalue weighted by Crippen LogP contribution is 2.17. The highest BCUT2D eigenvalue weighted by atomic mass is 16.1. The van der Waals surface area contributed by atoms with Gasteiger partial charge in [0.05, 0.1) is 0 Å². The van der Waals surface area contributed by atoms with E-state index >= 15 is 0 Å². The summed E-state index contributed by atoms with van der Waals surface area (Å²) in [5.74, 6) is 0.511. The van der Waals surface area contributed by atoms with Gasteiger partial charge in [-0.05, 0) is 19.8 Å². The number of hydrogen-bond donors (Lipinski definition) is 0. The number of Topliss-reactive ketones (excluding diaryl/α,β-unsaturated/α-hetero) is 1. The van der Waals surface area contributed by atoms with Crippen LogP contribution >= 0.6 is 0 Å². The Bertz CT molecular complexity index is 311.